The molecule has 0 aromatic carbocycles. The lowest BCUT2D eigenvalue weighted by Crippen LogP contribution is -2.37. The van der Waals surface area contributed by atoms with E-state index in [-0.39, 0.29) is 11.2 Å². The SMILES string of the molecule is CCC(SCCN)C(=O)NN. The van der Waals surface area contributed by atoms with Crippen molar-refractivity contribution in [1.82, 2.24) is 5.43 Å². The van der Waals surface area contributed by atoms with Crippen LogP contribution in [0, 0.1) is 0 Å². The van der Waals surface area contributed by atoms with Gasteiger partial charge in [-0.1, -0.05) is 6.92 Å². The minimum Gasteiger partial charge on any atom is -0.330 e. The summed E-state index contributed by atoms with van der Waals surface area (Å²) in [6, 6.07) is 0. The number of amides is 1. The van der Waals surface area contributed by atoms with Gasteiger partial charge in [0.2, 0.25) is 5.91 Å². The number of hydrazine groups is 1. The molecule has 0 saturated heterocycles. The predicted octanol–water partition coefficient (Wildman–Crippen LogP) is -0.553. The summed E-state index contributed by atoms with van der Waals surface area (Å²) < 4.78 is 0. The van der Waals surface area contributed by atoms with Crippen LogP contribution in [-0.4, -0.2) is 23.5 Å². The van der Waals surface area contributed by atoms with Gasteiger partial charge in [-0.05, 0) is 6.42 Å². The van der Waals surface area contributed by atoms with Crippen molar-refractivity contribution in [1.29, 1.82) is 0 Å². The molecule has 0 aliphatic rings. The van der Waals surface area contributed by atoms with Gasteiger partial charge in [0, 0.05) is 12.3 Å². The van der Waals surface area contributed by atoms with Crippen molar-refractivity contribution in [3.05, 3.63) is 0 Å². The maximum atomic E-state index is 11.0. The number of nitrogens with one attached hydrogen (secondary N) is 1. The molecule has 0 aliphatic carbocycles. The molecule has 0 aromatic heterocycles. The maximum Gasteiger partial charge on any atom is 0.246 e. The Morgan fingerprint density at radius 2 is 2.36 bits per heavy atom. The third-order valence-corrected chi connectivity index (χ3v) is 2.66. The van der Waals surface area contributed by atoms with Crippen LogP contribution >= 0.6 is 11.8 Å². The minimum atomic E-state index is -0.119. The van der Waals surface area contributed by atoms with Crippen LogP contribution in [0.3, 0.4) is 0 Å². The lowest BCUT2D eigenvalue weighted by Gasteiger charge is -2.10. The van der Waals surface area contributed by atoms with Gasteiger partial charge in [-0.2, -0.15) is 0 Å². The lowest BCUT2D eigenvalue weighted by atomic mass is 10.3. The fourth-order valence-corrected chi connectivity index (χ4v) is 1.56. The Morgan fingerprint density at radius 3 is 2.73 bits per heavy atom. The predicted molar refractivity (Wildman–Crippen MR) is 47.9 cm³/mol. The molecule has 5 N–H and O–H groups in total. The number of nitrogens with two attached hydrogens (primary N) is 2. The molecule has 0 aromatic rings. The molecule has 0 saturated carbocycles. The molecule has 4 nitrogen and oxygen atoms in total. The van der Waals surface area contributed by atoms with Crippen LogP contribution in [0.1, 0.15) is 13.3 Å². The van der Waals surface area contributed by atoms with Gasteiger partial charge in [0.1, 0.15) is 0 Å². The van der Waals surface area contributed by atoms with E-state index in [1.54, 1.807) is 0 Å². The third kappa shape index (κ3) is 4.23. The first kappa shape index (κ1) is 10.7. The Labute approximate surface area is 71.0 Å². The molecule has 1 unspecified atom stereocenters. The van der Waals surface area contributed by atoms with Gasteiger partial charge in [-0.25, -0.2) is 5.84 Å². The highest BCUT2D eigenvalue weighted by molar-refractivity contribution is 8.00. The molecular weight excluding hydrogens is 162 g/mol. The summed E-state index contributed by atoms with van der Waals surface area (Å²) in [5, 5.41) is -0.0523. The molecule has 11 heavy (non-hydrogen) atoms. The van der Waals surface area contributed by atoms with Crippen LogP contribution in [0.5, 0.6) is 0 Å². The molecule has 5 heteroatoms. The maximum absolute atomic E-state index is 11.0. The summed E-state index contributed by atoms with van der Waals surface area (Å²) in [5.74, 6) is 5.65. The summed E-state index contributed by atoms with van der Waals surface area (Å²) in [4.78, 5) is 11.0. The van der Waals surface area contributed by atoms with E-state index in [0.717, 1.165) is 12.2 Å². The topological polar surface area (TPSA) is 81.1 Å². The zero-order valence-corrected chi connectivity index (χ0v) is 7.49. The number of carbonyl (C=O) groups is 1. The van der Waals surface area contributed by atoms with Crippen molar-refractivity contribution in [3.63, 3.8) is 0 Å². The van der Waals surface area contributed by atoms with Gasteiger partial charge >= 0.3 is 0 Å². The molecule has 1 atom stereocenters. The summed E-state index contributed by atoms with van der Waals surface area (Å²) in [6.45, 7) is 2.54. The molecule has 1 amide bonds. The smallest absolute Gasteiger partial charge is 0.246 e. The van der Waals surface area contributed by atoms with E-state index in [0.29, 0.717) is 6.54 Å². The number of hydrogen-bond donors (Lipinski definition) is 3. The average Bonchev–Trinajstić information content (AvgIpc) is 2.05. The standard InChI is InChI=1S/C6H15N3OS/c1-2-5(6(10)9-8)11-4-3-7/h5H,2-4,7-8H2,1H3,(H,9,10). The van der Waals surface area contributed by atoms with Crippen molar-refractivity contribution in [2.45, 2.75) is 18.6 Å². The van der Waals surface area contributed by atoms with Gasteiger partial charge in [0.15, 0.2) is 0 Å². The molecule has 0 rings (SSSR count). The fourth-order valence-electron chi connectivity index (χ4n) is 0.682. The monoisotopic (exact) mass is 177 g/mol. The fraction of sp³-hybridized carbons (Fsp3) is 0.833. The van der Waals surface area contributed by atoms with Crippen LogP contribution in [0.15, 0.2) is 0 Å². The number of carbonyl (C=O) groups excluding carboxylic acids is 1. The molecule has 0 bridgehead atoms. The van der Waals surface area contributed by atoms with Gasteiger partial charge < -0.3 is 5.73 Å². The van der Waals surface area contributed by atoms with Crippen molar-refractivity contribution in [3.8, 4) is 0 Å². The molecular formula is C6H15N3OS. The van der Waals surface area contributed by atoms with Crippen LogP contribution in [0.4, 0.5) is 0 Å². The Balaban J connectivity index is 3.65. The minimum absolute atomic E-state index is 0.0523. The Morgan fingerprint density at radius 1 is 1.73 bits per heavy atom. The van der Waals surface area contributed by atoms with E-state index < -0.39 is 0 Å². The summed E-state index contributed by atoms with van der Waals surface area (Å²) in [7, 11) is 0. The number of thioether (sulfide) groups is 1. The Hall–Kier alpha value is -0.260. The number of hydrogen-bond acceptors (Lipinski definition) is 4. The van der Waals surface area contributed by atoms with Crippen molar-refractivity contribution in [2.24, 2.45) is 11.6 Å². The summed E-state index contributed by atoms with van der Waals surface area (Å²) in [6.07, 6.45) is 0.785. The van der Waals surface area contributed by atoms with Crippen LogP contribution in [0.2, 0.25) is 0 Å². The summed E-state index contributed by atoms with van der Waals surface area (Å²) >= 11 is 1.54. The number of rotatable bonds is 5. The third-order valence-electron chi connectivity index (χ3n) is 1.24. The zero-order valence-electron chi connectivity index (χ0n) is 6.67. The first-order valence-electron chi connectivity index (χ1n) is 3.58. The van der Waals surface area contributed by atoms with E-state index in [2.05, 4.69) is 5.43 Å². The Bertz CT molecular complexity index is 120. The van der Waals surface area contributed by atoms with E-state index in [1.807, 2.05) is 6.92 Å². The first-order valence-corrected chi connectivity index (χ1v) is 4.63. The van der Waals surface area contributed by atoms with Crippen molar-refractivity contribution in [2.75, 3.05) is 12.3 Å². The van der Waals surface area contributed by atoms with Gasteiger partial charge in [0.25, 0.3) is 0 Å². The second-order valence-electron chi connectivity index (χ2n) is 2.06. The van der Waals surface area contributed by atoms with Crippen LogP contribution in [-0.2, 0) is 4.79 Å². The highest BCUT2D eigenvalue weighted by Crippen LogP contribution is 2.12. The molecule has 0 radical (unpaired) electrons. The summed E-state index contributed by atoms with van der Waals surface area (Å²) in [5.41, 5.74) is 7.41. The average molecular weight is 177 g/mol. The van der Waals surface area contributed by atoms with Gasteiger partial charge in [-0.15, -0.1) is 11.8 Å². The van der Waals surface area contributed by atoms with E-state index >= 15 is 0 Å². The first-order chi connectivity index (χ1) is 5.26. The molecule has 0 heterocycles. The molecule has 66 valence electrons. The lowest BCUT2D eigenvalue weighted by molar-refractivity contribution is -0.120. The van der Waals surface area contributed by atoms with Gasteiger partial charge in [-0.3, -0.25) is 10.2 Å². The highest BCUT2D eigenvalue weighted by Gasteiger charge is 2.14. The molecule has 0 aliphatic heterocycles. The van der Waals surface area contributed by atoms with Crippen molar-refractivity contribution >= 4 is 17.7 Å². The van der Waals surface area contributed by atoms with Crippen molar-refractivity contribution < 1.29 is 4.79 Å². The quantitative estimate of drug-likeness (QED) is 0.299. The zero-order chi connectivity index (χ0) is 8.69. The van der Waals surface area contributed by atoms with E-state index in [4.69, 9.17) is 11.6 Å². The Kier molecular flexibility index (Phi) is 6.30. The van der Waals surface area contributed by atoms with Gasteiger partial charge in [0.05, 0.1) is 5.25 Å². The normalized spacial score (nSPS) is 12.6. The highest BCUT2D eigenvalue weighted by atomic mass is 32.2. The largest absolute Gasteiger partial charge is 0.330 e. The van der Waals surface area contributed by atoms with E-state index in [1.165, 1.54) is 11.8 Å². The second kappa shape index (κ2) is 6.45. The molecule has 0 fully saturated rings. The van der Waals surface area contributed by atoms with E-state index in [9.17, 15) is 4.79 Å². The van der Waals surface area contributed by atoms with Crippen LogP contribution < -0.4 is 17.0 Å². The molecule has 0 spiro atoms. The van der Waals surface area contributed by atoms with Crippen LogP contribution in [0.25, 0.3) is 0 Å². The second-order valence-corrected chi connectivity index (χ2v) is 3.38.